The topological polar surface area (TPSA) is 64.5 Å². The van der Waals surface area contributed by atoms with E-state index in [0.717, 1.165) is 24.1 Å². The third-order valence-corrected chi connectivity index (χ3v) is 4.74. The molecule has 0 N–H and O–H groups in total. The number of hydrogen-bond donors (Lipinski definition) is 0. The number of nitrogens with zero attached hydrogens (tertiary/aromatic N) is 3. The van der Waals surface area contributed by atoms with Crippen molar-refractivity contribution in [2.75, 3.05) is 19.7 Å². The quantitative estimate of drug-likeness (QED) is 0.857. The van der Waals surface area contributed by atoms with Gasteiger partial charge in [0.15, 0.2) is 6.10 Å². The molecule has 2 aliphatic rings. The van der Waals surface area contributed by atoms with Gasteiger partial charge in [0.1, 0.15) is 6.10 Å². The van der Waals surface area contributed by atoms with Crippen LogP contribution in [-0.2, 0) is 16.0 Å². The lowest BCUT2D eigenvalue weighted by Gasteiger charge is -2.28. The van der Waals surface area contributed by atoms with Gasteiger partial charge in [0.25, 0.3) is 5.91 Å². The normalized spacial score (nSPS) is 22.5. The van der Waals surface area contributed by atoms with Crippen LogP contribution in [0, 0.1) is 6.92 Å². The molecular weight excluding hydrogens is 318 g/mol. The van der Waals surface area contributed by atoms with E-state index in [2.05, 4.69) is 16.3 Å². The van der Waals surface area contributed by atoms with Crippen LogP contribution >= 0.6 is 0 Å². The smallest absolute Gasteiger partial charge is 0.256 e. The maximum Gasteiger partial charge on any atom is 0.256 e. The van der Waals surface area contributed by atoms with Crippen LogP contribution in [0.1, 0.15) is 29.3 Å². The van der Waals surface area contributed by atoms with E-state index in [0.29, 0.717) is 25.6 Å². The average Bonchev–Trinajstić information content (AvgIpc) is 3.11. The van der Waals surface area contributed by atoms with Crippen molar-refractivity contribution in [2.45, 2.75) is 32.0 Å². The number of fused-ring (bicyclic) bond motifs is 1. The highest BCUT2D eigenvalue weighted by Crippen LogP contribution is 2.30. The summed E-state index contributed by atoms with van der Waals surface area (Å²) in [6, 6.07) is 11.7. The summed E-state index contributed by atoms with van der Waals surface area (Å²) in [5, 5.41) is 8.03. The van der Waals surface area contributed by atoms with Crippen LogP contribution in [0.5, 0.6) is 5.88 Å². The monoisotopic (exact) mass is 339 g/mol. The Bertz CT molecular complexity index is 763. The van der Waals surface area contributed by atoms with Gasteiger partial charge in [-0.1, -0.05) is 24.3 Å². The van der Waals surface area contributed by atoms with Gasteiger partial charge in [0.2, 0.25) is 5.88 Å². The minimum Gasteiger partial charge on any atom is -0.471 e. The predicted molar refractivity (Wildman–Crippen MR) is 91.2 cm³/mol. The molecule has 1 amide bonds. The van der Waals surface area contributed by atoms with Crippen molar-refractivity contribution in [2.24, 2.45) is 0 Å². The van der Waals surface area contributed by atoms with E-state index in [-0.39, 0.29) is 12.0 Å². The standard InChI is InChI=1S/C19H21N3O3/c1-13-6-7-17(21-20-13)25-15-8-10-22(12-15)19(23)18-16-5-3-2-4-14(16)9-11-24-18/h2-7,15,18H,8-12H2,1H3/t15-,18-/m0/s1. The second-order valence-corrected chi connectivity index (χ2v) is 6.53. The number of likely N-dealkylation sites (tertiary alicyclic amines) is 1. The number of ether oxygens (including phenoxy) is 2. The van der Waals surface area contributed by atoms with Crippen molar-refractivity contribution in [3.8, 4) is 5.88 Å². The number of aryl methyl sites for hydroxylation is 1. The van der Waals surface area contributed by atoms with Crippen molar-refractivity contribution in [3.05, 3.63) is 53.2 Å². The van der Waals surface area contributed by atoms with Crippen LogP contribution in [0.3, 0.4) is 0 Å². The molecule has 2 atom stereocenters. The molecule has 6 nitrogen and oxygen atoms in total. The molecule has 1 fully saturated rings. The molecule has 1 aromatic heterocycles. The zero-order valence-electron chi connectivity index (χ0n) is 14.2. The maximum absolute atomic E-state index is 12.9. The summed E-state index contributed by atoms with van der Waals surface area (Å²) in [6.07, 6.45) is 1.09. The van der Waals surface area contributed by atoms with E-state index in [9.17, 15) is 4.79 Å². The molecule has 1 aromatic carbocycles. The SMILES string of the molecule is Cc1ccc(O[C@H]2CCN(C(=O)[C@H]3OCCc4ccccc43)C2)nn1. The molecule has 6 heteroatoms. The number of carbonyl (C=O) groups excluding carboxylic acids is 1. The Labute approximate surface area is 146 Å². The van der Waals surface area contributed by atoms with Crippen LogP contribution in [0.4, 0.5) is 0 Å². The lowest BCUT2D eigenvalue weighted by Crippen LogP contribution is -2.37. The summed E-state index contributed by atoms with van der Waals surface area (Å²) >= 11 is 0. The number of carbonyl (C=O) groups is 1. The van der Waals surface area contributed by atoms with Gasteiger partial charge >= 0.3 is 0 Å². The fraction of sp³-hybridized carbons (Fsp3) is 0.421. The van der Waals surface area contributed by atoms with Gasteiger partial charge in [0.05, 0.1) is 18.8 Å². The number of rotatable bonds is 3. The van der Waals surface area contributed by atoms with E-state index in [1.54, 1.807) is 0 Å². The first-order chi connectivity index (χ1) is 12.2. The summed E-state index contributed by atoms with van der Waals surface area (Å²) in [4.78, 5) is 14.8. The zero-order valence-corrected chi connectivity index (χ0v) is 14.2. The molecule has 0 saturated carbocycles. The molecule has 4 rings (SSSR count). The highest BCUT2D eigenvalue weighted by atomic mass is 16.5. The summed E-state index contributed by atoms with van der Waals surface area (Å²) < 4.78 is 11.7. The van der Waals surface area contributed by atoms with E-state index >= 15 is 0 Å². The molecule has 130 valence electrons. The highest BCUT2D eigenvalue weighted by Gasteiger charge is 2.35. The first kappa shape index (κ1) is 16.0. The molecule has 1 saturated heterocycles. The fourth-order valence-corrected chi connectivity index (χ4v) is 3.41. The first-order valence-electron chi connectivity index (χ1n) is 8.66. The van der Waals surface area contributed by atoms with Crippen molar-refractivity contribution < 1.29 is 14.3 Å². The Morgan fingerprint density at radius 2 is 2.12 bits per heavy atom. The largest absolute Gasteiger partial charge is 0.471 e. The maximum atomic E-state index is 12.9. The van der Waals surface area contributed by atoms with Crippen LogP contribution in [0.2, 0.25) is 0 Å². The highest BCUT2D eigenvalue weighted by molar-refractivity contribution is 5.83. The van der Waals surface area contributed by atoms with Gasteiger partial charge in [-0.25, -0.2) is 0 Å². The first-order valence-corrected chi connectivity index (χ1v) is 8.66. The van der Waals surface area contributed by atoms with Crippen LogP contribution in [0.25, 0.3) is 0 Å². The Hall–Kier alpha value is -2.47. The number of amides is 1. The number of benzene rings is 1. The zero-order chi connectivity index (χ0) is 17.2. The number of hydrogen-bond acceptors (Lipinski definition) is 5. The Balaban J connectivity index is 1.42. The molecule has 0 bridgehead atoms. The van der Waals surface area contributed by atoms with Gasteiger partial charge in [0, 0.05) is 19.0 Å². The minimum atomic E-state index is -0.497. The fourth-order valence-electron chi connectivity index (χ4n) is 3.41. The molecule has 3 heterocycles. The Morgan fingerprint density at radius 3 is 2.96 bits per heavy atom. The van der Waals surface area contributed by atoms with Gasteiger partial charge in [-0.2, -0.15) is 5.10 Å². The Morgan fingerprint density at radius 1 is 1.24 bits per heavy atom. The molecule has 0 radical (unpaired) electrons. The van der Waals surface area contributed by atoms with Gasteiger partial charge in [-0.05, 0) is 30.5 Å². The minimum absolute atomic E-state index is 0.0215. The molecule has 25 heavy (non-hydrogen) atoms. The van der Waals surface area contributed by atoms with Crippen LogP contribution < -0.4 is 4.74 Å². The number of aromatic nitrogens is 2. The lowest BCUT2D eigenvalue weighted by molar-refractivity contribution is -0.144. The van der Waals surface area contributed by atoms with E-state index in [1.165, 1.54) is 5.56 Å². The van der Waals surface area contributed by atoms with Gasteiger partial charge in [-0.3, -0.25) is 4.79 Å². The average molecular weight is 339 g/mol. The summed E-state index contributed by atoms with van der Waals surface area (Å²) in [5.74, 6) is 0.525. The van der Waals surface area contributed by atoms with E-state index in [1.807, 2.05) is 42.2 Å². The molecule has 0 unspecified atom stereocenters. The van der Waals surface area contributed by atoms with Crippen LogP contribution in [0.15, 0.2) is 36.4 Å². The summed E-state index contributed by atoms with van der Waals surface area (Å²) in [5.41, 5.74) is 3.05. The van der Waals surface area contributed by atoms with Crippen molar-refractivity contribution in [1.29, 1.82) is 0 Å². The molecular formula is C19H21N3O3. The van der Waals surface area contributed by atoms with Crippen molar-refractivity contribution in [1.82, 2.24) is 15.1 Å². The van der Waals surface area contributed by atoms with Gasteiger partial charge in [-0.15, -0.1) is 5.10 Å². The summed E-state index contributed by atoms with van der Waals surface area (Å²) in [7, 11) is 0. The molecule has 2 aliphatic heterocycles. The molecule has 0 spiro atoms. The third-order valence-electron chi connectivity index (χ3n) is 4.74. The Kier molecular flexibility index (Phi) is 4.36. The summed E-state index contributed by atoms with van der Waals surface area (Å²) in [6.45, 7) is 3.69. The lowest BCUT2D eigenvalue weighted by atomic mass is 9.97. The van der Waals surface area contributed by atoms with E-state index < -0.39 is 6.10 Å². The third kappa shape index (κ3) is 3.35. The van der Waals surface area contributed by atoms with Gasteiger partial charge < -0.3 is 14.4 Å². The van der Waals surface area contributed by atoms with Crippen LogP contribution in [-0.4, -0.2) is 46.8 Å². The van der Waals surface area contributed by atoms with Crippen molar-refractivity contribution >= 4 is 5.91 Å². The second-order valence-electron chi connectivity index (χ2n) is 6.53. The molecule has 0 aliphatic carbocycles. The van der Waals surface area contributed by atoms with E-state index in [4.69, 9.17) is 9.47 Å². The second kappa shape index (κ2) is 6.80. The predicted octanol–water partition coefficient (Wildman–Crippen LogP) is 2.08. The van der Waals surface area contributed by atoms with Crippen molar-refractivity contribution in [3.63, 3.8) is 0 Å². The molecule has 2 aromatic rings.